The number of piperazine rings is 1. The molecule has 1 atom stereocenters. The summed E-state index contributed by atoms with van der Waals surface area (Å²) >= 11 is 0. The van der Waals surface area contributed by atoms with Gasteiger partial charge in [0, 0.05) is 44.0 Å². The third-order valence-corrected chi connectivity index (χ3v) is 5.40. The molecule has 0 unspecified atom stereocenters. The highest BCUT2D eigenvalue weighted by atomic mass is 16.2. The molecule has 1 aliphatic rings. The lowest BCUT2D eigenvalue weighted by Gasteiger charge is -2.39. The predicted octanol–water partition coefficient (Wildman–Crippen LogP) is 2.46. The zero-order valence-corrected chi connectivity index (χ0v) is 17.1. The molecule has 3 rings (SSSR count). The molecule has 7 nitrogen and oxygen atoms in total. The topological polar surface area (TPSA) is 70.5 Å². The fourth-order valence-corrected chi connectivity index (χ4v) is 3.65. The van der Waals surface area contributed by atoms with Crippen LogP contribution in [0.1, 0.15) is 36.2 Å². The number of nitrogens with one attached hydrogen (secondary N) is 1. The van der Waals surface area contributed by atoms with Crippen molar-refractivity contribution >= 4 is 11.9 Å². The summed E-state index contributed by atoms with van der Waals surface area (Å²) in [5.74, 6) is -0.0158. The Labute approximate surface area is 166 Å². The molecule has 1 aromatic heterocycles. The maximum Gasteiger partial charge on any atom is 0.318 e. The van der Waals surface area contributed by atoms with Crippen LogP contribution < -0.4 is 5.32 Å². The number of carbonyl (C=O) groups is 2. The number of benzene rings is 1. The van der Waals surface area contributed by atoms with E-state index in [0.29, 0.717) is 26.2 Å². The molecule has 0 saturated carbocycles. The molecule has 1 N–H and O–H groups in total. The summed E-state index contributed by atoms with van der Waals surface area (Å²) in [6.07, 6.45) is 1.79. The second-order valence-corrected chi connectivity index (χ2v) is 7.35. The van der Waals surface area contributed by atoms with Crippen molar-refractivity contribution in [2.24, 2.45) is 0 Å². The Kier molecular flexibility index (Phi) is 6.02. The van der Waals surface area contributed by atoms with E-state index in [2.05, 4.69) is 16.5 Å². The fourth-order valence-electron chi connectivity index (χ4n) is 3.65. The number of urea groups is 1. The number of rotatable bonds is 5. The average Bonchev–Trinajstić information content (AvgIpc) is 3.03. The van der Waals surface area contributed by atoms with Crippen LogP contribution in [0.4, 0.5) is 4.79 Å². The van der Waals surface area contributed by atoms with Gasteiger partial charge in [-0.05, 0) is 33.3 Å². The first kappa shape index (κ1) is 19.9. The van der Waals surface area contributed by atoms with Crippen LogP contribution in [0, 0.1) is 13.8 Å². The Morgan fingerprint density at radius 3 is 2.75 bits per heavy atom. The van der Waals surface area contributed by atoms with Gasteiger partial charge in [0.25, 0.3) is 0 Å². The van der Waals surface area contributed by atoms with E-state index in [1.165, 1.54) is 5.56 Å². The number of hydrogen-bond acceptors (Lipinski definition) is 3. The first-order valence-electron chi connectivity index (χ1n) is 9.80. The van der Waals surface area contributed by atoms with Crippen molar-refractivity contribution in [3.8, 4) is 0 Å². The molecule has 0 radical (unpaired) electrons. The number of aryl methyl sites for hydroxylation is 2. The first-order valence-corrected chi connectivity index (χ1v) is 9.80. The van der Waals surface area contributed by atoms with Gasteiger partial charge < -0.3 is 15.1 Å². The van der Waals surface area contributed by atoms with Gasteiger partial charge >= 0.3 is 6.03 Å². The van der Waals surface area contributed by atoms with Gasteiger partial charge in [0.15, 0.2) is 0 Å². The maximum atomic E-state index is 12.8. The summed E-state index contributed by atoms with van der Waals surface area (Å²) in [4.78, 5) is 28.9. The number of nitrogens with zero attached hydrogens (tertiary/aromatic N) is 4. The van der Waals surface area contributed by atoms with Gasteiger partial charge in [-0.2, -0.15) is 5.10 Å². The van der Waals surface area contributed by atoms with E-state index in [-0.39, 0.29) is 11.9 Å². The highest BCUT2D eigenvalue weighted by Gasteiger charge is 2.34. The lowest BCUT2D eigenvalue weighted by Crippen LogP contribution is -2.59. The zero-order chi connectivity index (χ0) is 20.3. The molecule has 0 aliphatic carbocycles. The average molecular weight is 383 g/mol. The minimum absolute atomic E-state index is 0.0158. The van der Waals surface area contributed by atoms with Crippen LogP contribution in [0.5, 0.6) is 0 Å². The molecule has 28 heavy (non-hydrogen) atoms. The van der Waals surface area contributed by atoms with Gasteiger partial charge in [-0.1, -0.05) is 29.8 Å². The molecule has 3 amide bonds. The van der Waals surface area contributed by atoms with Gasteiger partial charge in [-0.3, -0.25) is 9.48 Å². The van der Waals surface area contributed by atoms with Crippen LogP contribution >= 0.6 is 0 Å². The van der Waals surface area contributed by atoms with E-state index in [1.54, 1.807) is 18.0 Å². The standard InChI is InChI=1S/C21H29N5O2/c1-5-26-16(3)19(13-23-26)12-22-21(28)25-10-9-24(20(27)17(25)4)14-18-8-6-7-15(2)11-18/h6-8,11,13,17H,5,9-10,12,14H2,1-4H3,(H,22,28)/t17-/m1/s1. The largest absolute Gasteiger partial charge is 0.335 e. The van der Waals surface area contributed by atoms with Crippen LogP contribution in [-0.4, -0.2) is 50.6 Å². The molecule has 0 spiro atoms. The number of carbonyl (C=O) groups excluding carboxylic acids is 2. The normalized spacial score (nSPS) is 17.1. The highest BCUT2D eigenvalue weighted by molar-refractivity contribution is 5.88. The highest BCUT2D eigenvalue weighted by Crippen LogP contribution is 2.16. The first-order chi connectivity index (χ1) is 13.4. The second-order valence-electron chi connectivity index (χ2n) is 7.35. The fraction of sp³-hybridized carbons (Fsp3) is 0.476. The van der Waals surface area contributed by atoms with Crippen LogP contribution in [0.25, 0.3) is 0 Å². The Balaban J connectivity index is 1.58. The van der Waals surface area contributed by atoms with Crippen LogP contribution in [0.15, 0.2) is 30.5 Å². The van der Waals surface area contributed by atoms with Crippen molar-refractivity contribution in [3.63, 3.8) is 0 Å². The number of hydrogen-bond donors (Lipinski definition) is 1. The quantitative estimate of drug-likeness (QED) is 0.862. The molecular formula is C21H29N5O2. The molecule has 150 valence electrons. The second kappa shape index (κ2) is 8.46. The monoisotopic (exact) mass is 383 g/mol. The predicted molar refractivity (Wildman–Crippen MR) is 108 cm³/mol. The van der Waals surface area contributed by atoms with Gasteiger partial charge in [-0.15, -0.1) is 0 Å². The Bertz CT molecular complexity index is 860. The van der Waals surface area contributed by atoms with Crippen molar-refractivity contribution in [1.29, 1.82) is 0 Å². The lowest BCUT2D eigenvalue weighted by atomic mass is 10.1. The van der Waals surface area contributed by atoms with Crippen molar-refractivity contribution in [3.05, 3.63) is 52.8 Å². The van der Waals surface area contributed by atoms with E-state index in [4.69, 9.17) is 0 Å². The van der Waals surface area contributed by atoms with Crippen molar-refractivity contribution in [2.45, 2.75) is 53.4 Å². The molecule has 1 fully saturated rings. The summed E-state index contributed by atoms with van der Waals surface area (Å²) in [6.45, 7) is 10.7. The third-order valence-electron chi connectivity index (χ3n) is 5.40. The molecular weight excluding hydrogens is 354 g/mol. The lowest BCUT2D eigenvalue weighted by molar-refractivity contribution is -0.139. The molecule has 1 saturated heterocycles. The molecule has 7 heteroatoms. The number of aromatic nitrogens is 2. The van der Waals surface area contributed by atoms with E-state index < -0.39 is 6.04 Å². The van der Waals surface area contributed by atoms with E-state index in [0.717, 1.165) is 23.4 Å². The number of amides is 3. The molecule has 2 aromatic rings. The van der Waals surface area contributed by atoms with Crippen molar-refractivity contribution < 1.29 is 9.59 Å². The van der Waals surface area contributed by atoms with E-state index in [1.807, 2.05) is 48.6 Å². The smallest absolute Gasteiger partial charge is 0.318 e. The Morgan fingerprint density at radius 1 is 1.29 bits per heavy atom. The molecule has 1 aliphatic heterocycles. The maximum absolute atomic E-state index is 12.8. The molecule has 2 heterocycles. The van der Waals surface area contributed by atoms with Gasteiger partial charge in [-0.25, -0.2) is 4.79 Å². The zero-order valence-electron chi connectivity index (χ0n) is 17.1. The Morgan fingerprint density at radius 2 is 2.07 bits per heavy atom. The van der Waals surface area contributed by atoms with Gasteiger partial charge in [0.2, 0.25) is 5.91 Å². The summed E-state index contributed by atoms with van der Waals surface area (Å²) in [5, 5.41) is 7.23. The summed E-state index contributed by atoms with van der Waals surface area (Å²) < 4.78 is 1.90. The van der Waals surface area contributed by atoms with Crippen molar-refractivity contribution in [1.82, 2.24) is 24.9 Å². The van der Waals surface area contributed by atoms with Crippen LogP contribution in [-0.2, 0) is 24.4 Å². The van der Waals surface area contributed by atoms with Crippen LogP contribution in [0.2, 0.25) is 0 Å². The summed E-state index contributed by atoms with van der Waals surface area (Å²) in [5.41, 5.74) is 4.33. The molecule has 1 aromatic carbocycles. The van der Waals surface area contributed by atoms with Crippen molar-refractivity contribution in [2.75, 3.05) is 13.1 Å². The summed E-state index contributed by atoms with van der Waals surface area (Å²) in [7, 11) is 0. The SMILES string of the molecule is CCn1ncc(CNC(=O)N2CCN(Cc3cccc(C)c3)C(=O)[C@H]2C)c1C. The van der Waals surface area contributed by atoms with E-state index in [9.17, 15) is 9.59 Å². The Hall–Kier alpha value is -2.83. The van der Waals surface area contributed by atoms with Gasteiger partial charge in [0.1, 0.15) is 6.04 Å². The van der Waals surface area contributed by atoms with Gasteiger partial charge in [0.05, 0.1) is 6.20 Å². The minimum atomic E-state index is -0.474. The van der Waals surface area contributed by atoms with Crippen LogP contribution in [0.3, 0.4) is 0 Å². The summed E-state index contributed by atoms with van der Waals surface area (Å²) in [6, 6.07) is 7.49. The van der Waals surface area contributed by atoms with E-state index >= 15 is 0 Å². The minimum Gasteiger partial charge on any atom is -0.335 e. The molecule has 0 bridgehead atoms. The third kappa shape index (κ3) is 4.18.